The van der Waals surface area contributed by atoms with Gasteiger partial charge >= 0.3 is 0 Å². The van der Waals surface area contributed by atoms with E-state index >= 15 is 0 Å². The zero-order chi connectivity index (χ0) is 17.2. The molecular formula is C18H26FN3O. The van der Waals surface area contributed by atoms with E-state index in [0.717, 1.165) is 18.5 Å². The smallest absolute Gasteiger partial charge is 0.260 e. The summed E-state index contributed by atoms with van der Waals surface area (Å²) in [4.78, 5) is 14.8. The fourth-order valence-corrected chi connectivity index (χ4v) is 2.84. The molecule has 1 aromatic rings. The summed E-state index contributed by atoms with van der Waals surface area (Å²) in [5, 5.41) is 3.15. The number of amides is 1. The lowest BCUT2D eigenvalue weighted by molar-refractivity contribution is -0.116. The number of benzene rings is 1. The molecule has 0 saturated carbocycles. The van der Waals surface area contributed by atoms with Crippen LogP contribution in [0.4, 0.5) is 10.1 Å². The van der Waals surface area contributed by atoms with Crippen LogP contribution in [0.3, 0.4) is 0 Å². The Bertz CT molecular complexity index is 598. The standard InChI is InChI=1S/C18H26FN3O/c1-6-7-13-22(14-11-9-8-10-12-14)17(23)15-16(19)20(4)21(5)18(15,2)3/h8-12H,6-7,13H2,1-5H3. The first kappa shape index (κ1) is 17.5. The average Bonchev–Trinajstić information content (AvgIpc) is 2.68. The summed E-state index contributed by atoms with van der Waals surface area (Å²) in [6.45, 7) is 6.40. The first-order valence-electron chi connectivity index (χ1n) is 8.07. The van der Waals surface area contributed by atoms with E-state index in [-0.39, 0.29) is 11.5 Å². The second-order valence-electron chi connectivity index (χ2n) is 6.42. The van der Waals surface area contributed by atoms with E-state index in [4.69, 9.17) is 0 Å². The van der Waals surface area contributed by atoms with Crippen LogP contribution in [0.5, 0.6) is 0 Å². The molecule has 0 radical (unpaired) electrons. The Balaban J connectivity index is 2.41. The van der Waals surface area contributed by atoms with Gasteiger partial charge in [-0.3, -0.25) is 9.80 Å². The van der Waals surface area contributed by atoms with Crippen molar-refractivity contribution < 1.29 is 9.18 Å². The van der Waals surface area contributed by atoms with Crippen molar-refractivity contribution in [2.45, 2.75) is 39.2 Å². The summed E-state index contributed by atoms with van der Waals surface area (Å²) in [6, 6.07) is 9.48. The number of unbranched alkanes of at least 4 members (excludes halogenated alkanes) is 1. The van der Waals surface area contributed by atoms with Gasteiger partial charge in [0, 0.05) is 26.3 Å². The lowest BCUT2D eigenvalue weighted by atomic mass is 9.94. The zero-order valence-electron chi connectivity index (χ0n) is 14.6. The number of carbonyl (C=O) groups is 1. The summed E-state index contributed by atoms with van der Waals surface area (Å²) in [5.41, 5.74) is 0.330. The molecule has 4 nitrogen and oxygen atoms in total. The zero-order valence-corrected chi connectivity index (χ0v) is 14.6. The number of hydrogen-bond donors (Lipinski definition) is 0. The SMILES string of the molecule is CCCCN(C(=O)C1=C(F)N(C)N(C)C1(C)C)c1ccccc1. The van der Waals surface area contributed by atoms with Crippen molar-refractivity contribution >= 4 is 11.6 Å². The number of halogens is 1. The van der Waals surface area contributed by atoms with E-state index in [1.807, 2.05) is 44.2 Å². The Hall–Kier alpha value is -1.88. The van der Waals surface area contributed by atoms with Crippen molar-refractivity contribution in [2.24, 2.45) is 0 Å². The van der Waals surface area contributed by atoms with Gasteiger partial charge in [-0.1, -0.05) is 31.5 Å². The van der Waals surface area contributed by atoms with Crippen LogP contribution in [0, 0.1) is 0 Å². The van der Waals surface area contributed by atoms with Gasteiger partial charge in [0.25, 0.3) is 5.91 Å². The second kappa shape index (κ2) is 6.71. The van der Waals surface area contributed by atoms with Gasteiger partial charge in [0.05, 0.1) is 11.1 Å². The van der Waals surface area contributed by atoms with Crippen molar-refractivity contribution in [3.8, 4) is 0 Å². The van der Waals surface area contributed by atoms with Crippen LogP contribution in [0.2, 0.25) is 0 Å². The monoisotopic (exact) mass is 319 g/mol. The molecular weight excluding hydrogens is 293 g/mol. The quantitative estimate of drug-likeness (QED) is 0.776. The molecule has 0 aromatic heterocycles. The summed E-state index contributed by atoms with van der Waals surface area (Å²) in [7, 11) is 3.43. The van der Waals surface area contributed by atoms with Crippen LogP contribution in [0.25, 0.3) is 0 Å². The number of carbonyl (C=O) groups excluding carboxylic acids is 1. The summed E-state index contributed by atoms with van der Waals surface area (Å²) in [5.74, 6) is -0.733. The Kier molecular flexibility index (Phi) is 5.09. The lowest BCUT2D eigenvalue weighted by Crippen LogP contribution is -2.47. The summed E-state index contributed by atoms with van der Waals surface area (Å²) < 4.78 is 14.7. The van der Waals surface area contributed by atoms with E-state index in [2.05, 4.69) is 6.92 Å². The highest BCUT2D eigenvalue weighted by atomic mass is 19.1. The molecule has 0 N–H and O–H groups in total. The van der Waals surface area contributed by atoms with Gasteiger partial charge in [-0.25, -0.2) is 5.01 Å². The van der Waals surface area contributed by atoms with Gasteiger partial charge < -0.3 is 4.90 Å². The Morgan fingerprint density at radius 1 is 1.22 bits per heavy atom. The predicted octanol–water partition coefficient (Wildman–Crippen LogP) is 3.57. The van der Waals surface area contributed by atoms with Crippen molar-refractivity contribution in [1.29, 1.82) is 0 Å². The first-order chi connectivity index (χ1) is 10.8. The lowest BCUT2D eigenvalue weighted by Gasteiger charge is -2.34. The topological polar surface area (TPSA) is 26.8 Å². The number of hydrogen-bond acceptors (Lipinski definition) is 3. The second-order valence-corrected chi connectivity index (χ2v) is 6.42. The fourth-order valence-electron chi connectivity index (χ4n) is 2.84. The molecule has 0 atom stereocenters. The van der Waals surface area contributed by atoms with Gasteiger partial charge in [0.15, 0.2) is 0 Å². The summed E-state index contributed by atoms with van der Waals surface area (Å²) >= 11 is 0. The van der Waals surface area contributed by atoms with Crippen molar-refractivity contribution in [3.05, 3.63) is 41.9 Å². The van der Waals surface area contributed by atoms with Gasteiger partial charge in [-0.2, -0.15) is 4.39 Å². The molecule has 23 heavy (non-hydrogen) atoms. The van der Waals surface area contributed by atoms with Gasteiger partial charge in [-0.15, -0.1) is 0 Å². The molecule has 0 bridgehead atoms. The van der Waals surface area contributed by atoms with E-state index < -0.39 is 11.5 Å². The van der Waals surface area contributed by atoms with Crippen LogP contribution < -0.4 is 4.90 Å². The molecule has 0 aliphatic carbocycles. The van der Waals surface area contributed by atoms with Crippen LogP contribution in [-0.4, -0.2) is 42.1 Å². The molecule has 5 heteroatoms. The molecule has 126 valence electrons. The molecule has 0 fully saturated rings. The maximum atomic E-state index is 14.7. The minimum absolute atomic E-state index is 0.211. The summed E-state index contributed by atoms with van der Waals surface area (Å²) in [6.07, 6.45) is 1.85. The van der Waals surface area contributed by atoms with E-state index in [1.54, 1.807) is 24.0 Å². The molecule has 2 rings (SSSR count). The highest BCUT2D eigenvalue weighted by Crippen LogP contribution is 2.38. The van der Waals surface area contributed by atoms with E-state index in [0.29, 0.717) is 6.54 Å². The minimum Gasteiger partial charge on any atom is -0.308 e. The van der Waals surface area contributed by atoms with Crippen molar-refractivity contribution in [1.82, 2.24) is 10.0 Å². The maximum absolute atomic E-state index is 14.7. The number of likely N-dealkylation sites (N-methyl/N-ethyl adjacent to an activating group) is 1. The minimum atomic E-state index is -0.685. The third kappa shape index (κ3) is 3.11. The molecule has 1 aromatic carbocycles. The predicted molar refractivity (Wildman–Crippen MR) is 91.4 cm³/mol. The molecule has 1 heterocycles. The molecule has 1 amide bonds. The Morgan fingerprint density at radius 2 is 1.83 bits per heavy atom. The van der Waals surface area contributed by atoms with Gasteiger partial charge in [0.1, 0.15) is 0 Å². The molecule has 1 aliphatic rings. The van der Waals surface area contributed by atoms with E-state index in [1.165, 1.54) is 5.01 Å². The van der Waals surface area contributed by atoms with Gasteiger partial charge in [-0.05, 0) is 32.4 Å². The number of para-hydroxylation sites is 1. The highest BCUT2D eigenvalue weighted by Gasteiger charge is 2.46. The maximum Gasteiger partial charge on any atom is 0.260 e. The largest absolute Gasteiger partial charge is 0.308 e. The van der Waals surface area contributed by atoms with Crippen LogP contribution in [-0.2, 0) is 4.79 Å². The van der Waals surface area contributed by atoms with Crippen LogP contribution >= 0.6 is 0 Å². The van der Waals surface area contributed by atoms with Crippen molar-refractivity contribution in [3.63, 3.8) is 0 Å². The van der Waals surface area contributed by atoms with Crippen molar-refractivity contribution in [2.75, 3.05) is 25.5 Å². The Morgan fingerprint density at radius 3 is 2.30 bits per heavy atom. The fraction of sp³-hybridized carbons (Fsp3) is 0.500. The first-order valence-corrected chi connectivity index (χ1v) is 8.07. The molecule has 0 saturated heterocycles. The number of nitrogens with zero attached hydrogens (tertiary/aromatic N) is 3. The average molecular weight is 319 g/mol. The molecule has 1 aliphatic heterocycles. The number of rotatable bonds is 5. The third-order valence-electron chi connectivity index (χ3n) is 4.62. The van der Waals surface area contributed by atoms with Gasteiger partial charge in [0.2, 0.25) is 5.95 Å². The number of hydrazine groups is 1. The van der Waals surface area contributed by atoms with Crippen LogP contribution in [0.15, 0.2) is 41.9 Å². The van der Waals surface area contributed by atoms with Crippen LogP contribution in [0.1, 0.15) is 33.6 Å². The highest BCUT2D eigenvalue weighted by molar-refractivity contribution is 6.07. The van der Waals surface area contributed by atoms with E-state index in [9.17, 15) is 9.18 Å². The molecule has 0 spiro atoms. The normalized spacial score (nSPS) is 17.7. The molecule has 0 unspecified atom stereocenters. The Labute approximate surface area is 138 Å². The number of anilines is 1. The third-order valence-corrected chi connectivity index (χ3v) is 4.62.